The van der Waals surface area contributed by atoms with Crippen molar-refractivity contribution in [1.29, 1.82) is 0 Å². The Hall–Kier alpha value is -5.50. The van der Waals surface area contributed by atoms with Crippen molar-refractivity contribution in [2.75, 3.05) is 62.3 Å². The summed E-state index contributed by atoms with van der Waals surface area (Å²) >= 11 is 0. The fourth-order valence-corrected chi connectivity index (χ4v) is 4.16. The molecule has 272 valence electrons. The van der Waals surface area contributed by atoms with Gasteiger partial charge >= 0.3 is 0 Å². The van der Waals surface area contributed by atoms with E-state index in [4.69, 9.17) is 41.9 Å². The van der Waals surface area contributed by atoms with Crippen molar-refractivity contribution in [2.24, 2.45) is 0 Å². The van der Waals surface area contributed by atoms with Crippen LogP contribution in [0.5, 0.6) is 17.2 Å². The van der Waals surface area contributed by atoms with E-state index in [2.05, 4.69) is 6.92 Å². The number of benzene rings is 4. The van der Waals surface area contributed by atoms with Crippen molar-refractivity contribution in [3.8, 4) is 17.2 Å². The standard InChI is InChI=1S/C17H20N2O5.C13H22N2O.C6H6F2N2/c1-3-10-23-16-11-12(18)4-9-15(16)17(22-2)24-14-7-5-13(6-8-14)19(20)21;1-4-5-6-9-16-13-10-11(15(2)3)7-8-12(13)14;7-4-1-3(9)2-5(8)6(4)10/h4-9,11,17H,3,10,18H2,1-2H3;7-8,10H,4-6,9,14H2,1-3H3;1-2H,9-10H2. The molecule has 0 saturated heterocycles. The molecule has 0 aliphatic rings. The van der Waals surface area contributed by atoms with E-state index < -0.39 is 28.5 Å². The minimum atomic E-state index is -0.822. The Morgan fingerprint density at radius 3 is 1.98 bits per heavy atom. The molecule has 1 unspecified atom stereocenters. The van der Waals surface area contributed by atoms with Gasteiger partial charge in [-0.25, -0.2) is 8.78 Å². The predicted molar refractivity (Wildman–Crippen MR) is 195 cm³/mol. The average Bonchev–Trinajstić information content (AvgIpc) is 3.08. The summed E-state index contributed by atoms with van der Waals surface area (Å²) in [5, 5.41) is 10.7. The lowest BCUT2D eigenvalue weighted by Crippen LogP contribution is -2.12. The van der Waals surface area contributed by atoms with Gasteiger partial charge < -0.3 is 46.8 Å². The molecule has 0 radical (unpaired) electrons. The van der Waals surface area contributed by atoms with Gasteiger partial charge in [-0.2, -0.15) is 0 Å². The quantitative estimate of drug-likeness (QED) is 0.0332. The molecule has 0 fully saturated rings. The Bertz CT molecular complexity index is 1620. The molecule has 8 N–H and O–H groups in total. The van der Waals surface area contributed by atoms with Gasteiger partial charge in [-0.05, 0) is 61.4 Å². The maximum Gasteiger partial charge on any atom is 0.269 e. The molecule has 4 aromatic carbocycles. The van der Waals surface area contributed by atoms with Crippen LogP contribution in [0.2, 0.25) is 0 Å². The summed E-state index contributed by atoms with van der Waals surface area (Å²) in [6, 6.07) is 18.8. The van der Waals surface area contributed by atoms with Gasteiger partial charge in [-0.1, -0.05) is 26.7 Å². The molecule has 14 heteroatoms. The summed E-state index contributed by atoms with van der Waals surface area (Å²) in [5.41, 5.74) is 24.3. The normalized spacial score (nSPS) is 10.9. The lowest BCUT2D eigenvalue weighted by Gasteiger charge is -2.21. The zero-order valence-electron chi connectivity index (χ0n) is 29.2. The number of rotatable bonds is 14. The Labute approximate surface area is 292 Å². The number of hydrogen-bond acceptors (Lipinski definition) is 11. The van der Waals surface area contributed by atoms with Gasteiger partial charge in [0.25, 0.3) is 5.69 Å². The number of non-ortho nitro benzene ring substituents is 1. The number of anilines is 5. The second-order valence-corrected chi connectivity index (χ2v) is 11.2. The summed E-state index contributed by atoms with van der Waals surface area (Å²) in [7, 11) is 5.52. The molecular formula is C36H48F2N6O6. The van der Waals surface area contributed by atoms with Gasteiger partial charge in [-0.3, -0.25) is 10.1 Å². The van der Waals surface area contributed by atoms with E-state index in [1.807, 2.05) is 44.1 Å². The lowest BCUT2D eigenvalue weighted by atomic mass is 10.1. The number of nitro benzene ring substituents is 1. The van der Waals surface area contributed by atoms with Crippen molar-refractivity contribution in [1.82, 2.24) is 0 Å². The highest BCUT2D eigenvalue weighted by Crippen LogP contribution is 2.32. The maximum atomic E-state index is 12.4. The van der Waals surface area contributed by atoms with Crippen molar-refractivity contribution in [2.45, 2.75) is 45.8 Å². The first-order valence-electron chi connectivity index (χ1n) is 16.0. The van der Waals surface area contributed by atoms with E-state index in [-0.39, 0.29) is 11.4 Å². The summed E-state index contributed by atoms with van der Waals surface area (Å²) in [4.78, 5) is 12.3. The highest BCUT2D eigenvalue weighted by Gasteiger charge is 2.19. The molecule has 0 saturated carbocycles. The van der Waals surface area contributed by atoms with E-state index in [0.717, 1.165) is 43.0 Å². The molecule has 0 bridgehead atoms. The first-order chi connectivity index (χ1) is 23.8. The molecule has 0 aliphatic heterocycles. The smallest absolute Gasteiger partial charge is 0.269 e. The molecule has 0 aromatic heterocycles. The number of nitro groups is 1. The molecule has 0 heterocycles. The highest BCUT2D eigenvalue weighted by atomic mass is 19.1. The molecule has 12 nitrogen and oxygen atoms in total. The Morgan fingerprint density at radius 1 is 0.780 bits per heavy atom. The number of halogens is 2. The van der Waals surface area contributed by atoms with Gasteiger partial charge in [0.05, 0.1) is 29.4 Å². The van der Waals surface area contributed by atoms with Crippen LogP contribution < -0.4 is 42.0 Å². The third-order valence-electron chi connectivity index (χ3n) is 6.88. The number of nitrogen functional groups attached to an aromatic ring is 4. The van der Waals surface area contributed by atoms with Crippen LogP contribution in [0, 0.1) is 21.7 Å². The fourth-order valence-electron chi connectivity index (χ4n) is 4.16. The maximum absolute atomic E-state index is 12.4. The molecule has 1 atom stereocenters. The summed E-state index contributed by atoms with van der Waals surface area (Å²) < 4.78 is 47.4. The van der Waals surface area contributed by atoms with Crippen molar-refractivity contribution < 1.29 is 32.7 Å². The van der Waals surface area contributed by atoms with Crippen molar-refractivity contribution in [3.63, 3.8) is 0 Å². The Kier molecular flexibility index (Phi) is 16.9. The van der Waals surface area contributed by atoms with Crippen LogP contribution in [0.15, 0.2) is 72.8 Å². The number of hydrogen-bond donors (Lipinski definition) is 4. The van der Waals surface area contributed by atoms with E-state index in [0.29, 0.717) is 35.0 Å². The van der Waals surface area contributed by atoms with Crippen LogP contribution in [0.3, 0.4) is 0 Å². The monoisotopic (exact) mass is 698 g/mol. The topological polar surface area (TPSA) is 187 Å². The lowest BCUT2D eigenvalue weighted by molar-refractivity contribution is -0.384. The van der Waals surface area contributed by atoms with Crippen LogP contribution in [0.4, 0.5) is 42.9 Å². The van der Waals surface area contributed by atoms with Gasteiger partial charge in [0.1, 0.15) is 22.9 Å². The first-order valence-corrected chi connectivity index (χ1v) is 16.0. The third-order valence-corrected chi connectivity index (χ3v) is 6.88. The van der Waals surface area contributed by atoms with E-state index in [1.165, 1.54) is 44.2 Å². The fraction of sp³-hybridized carbons (Fsp3) is 0.333. The van der Waals surface area contributed by atoms with Crippen molar-refractivity contribution in [3.05, 3.63) is 100 Å². The van der Waals surface area contributed by atoms with Crippen LogP contribution in [0.1, 0.15) is 51.4 Å². The SMILES string of the molecule is CCCCCOc1cc(N(C)C)ccc1N.CCCOc1cc(N)ccc1C(OC)Oc1ccc([N+](=O)[O-])cc1.Nc1cc(F)c(N)c(F)c1. The summed E-state index contributed by atoms with van der Waals surface area (Å²) in [6.07, 6.45) is 3.63. The van der Waals surface area contributed by atoms with Gasteiger partial charge in [0.2, 0.25) is 6.29 Å². The zero-order chi connectivity index (χ0) is 37.2. The summed E-state index contributed by atoms with van der Waals surface area (Å²) in [6.45, 7) is 5.48. The minimum absolute atomic E-state index is 0.00392. The predicted octanol–water partition coefficient (Wildman–Crippen LogP) is 7.72. The van der Waals surface area contributed by atoms with E-state index in [9.17, 15) is 18.9 Å². The molecule has 4 aromatic rings. The van der Waals surface area contributed by atoms with Gasteiger partial charge in [0.15, 0.2) is 11.6 Å². The molecule has 50 heavy (non-hydrogen) atoms. The van der Waals surface area contributed by atoms with E-state index in [1.54, 1.807) is 18.2 Å². The van der Waals surface area contributed by atoms with Crippen molar-refractivity contribution >= 4 is 34.1 Å². The van der Waals surface area contributed by atoms with Crippen LogP contribution in [-0.2, 0) is 4.74 Å². The highest BCUT2D eigenvalue weighted by molar-refractivity contribution is 5.62. The second-order valence-electron chi connectivity index (χ2n) is 11.2. The largest absolute Gasteiger partial charge is 0.493 e. The molecule has 0 amide bonds. The Balaban J connectivity index is 0.000000286. The van der Waals surface area contributed by atoms with Crippen LogP contribution in [-0.4, -0.2) is 39.3 Å². The van der Waals surface area contributed by atoms with E-state index >= 15 is 0 Å². The zero-order valence-corrected chi connectivity index (χ0v) is 29.2. The average molecular weight is 699 g/mol. The number of ether oxygens (including phenoxy) is 4. The molecule has 0 spiro atoms. The molecular weight excluding hydrogens is 650 g/mol. The summed E-state index contributed by atoms with van der Waals surface area (Å²) in [5.74, 6) is 0.189. The second kappa shape index (κ2) is 20.8. The molecule has 4 rings (SSSR count). The van der Waals surface area contributed by atoms with Gasteiger partial charge in [0, 0.05) is 62.5 Å². The number of nitrogens with zero attached hydrogens (tertiary/aromatic N) is 2. The number of methoxy groups -OCH3 is 1. The minimum Gasteiger partial charge on any atom is -0.493 e. The van der Waals surface area contributed by atoms with Crippen LogP contribution >= 0.6 is 0 Å². The first kappa shape index (κ1) is 40.7. The van der Waals surface area contributed by atoms with Gasteiger partial charge in [-0.15, -0.1) is 0 Å². The Morgan fingerprint density at radius 2 is 1.42 bits per heavy atom. The third kappa shape index (κ3) is 13.2. The molecule has 0 aliphatic carbocycles. The van der Waals surface area contributed by atoms with Crippen LogP contribution in [0.25, 0.3) is 0 Å². The number of unbranched alkanes of at least 4 members (excludes halogenated alkanes) is 2. The number of nitrogens with two attached hydrogens (primary N) is 4.